The second kappa shape index (κ2) is 9.11. The third-order valence-corrected chi connectivity index (χ3v) is 4.79. The number of likely N-dealkylation sites (N-methyl/N-ethyl adjacent to an activating group) is 1. The molecule has 0 spiro atoms. The van der Waals surface area contributed by atoms with E-state index in [9.17, 15) is 4.79 Å². The molecule has 1 saturated heterocycles. The first kappa shape index (κ1) is 18.0. The number of amides is 1. The lowest BCUT2D eigenvalue weighted by Crippen LogP contribution is -2.46. The van der Waals surface area contributed by atoms with Crippen molar-refractivity contribution in [2.75, 3.05) is 47.4 Å². The van der Waals surface area contributed by atoms with E-state index in [-0.39, 0.29) is 12.5 Å². The van der Waals surface area contributed by atoms with Crippen LogP contribution in [0.2, 0.25) is 0 Å². The van der Waals surface area contributed by atoms with E-state index in [1.54, 1.807) is 19.0 Å². The molecule has 1 saturated carbocycles. The molecule has 2 aliphatic rings. The van der Waals surface area contributed by atoms with Crippen molar-refractivity contribution in [3.63, 3.8) is 0 Å². The van der Waals surface area contributed by atoms with Crippen LogP contribution in [0.4, 0.5) is 0 Å². The number of hydrogen-bond donors (Lipinski definition) is 1. The number of rotatable bonds is 5. The van der Waals surface area contributed by atoms with Crippen molar-refractivity contribution in [2.24, 2.45) is 10.9 Å². The first-order chi connectivity index (χ1) is 11.1. The third kappa shape index (κ3) is 6.01. The van der Waals surface area contributed by atoms with E-state index in [2.05, 4.69) is 22.3 Å². The number of carbonyl (C=O) groups is 1. The second-order valence-electron chi connectivity index (χ2n) is 6.99. The van der Waals surface area contributed by atoms with Crippen molar-refractivity contribution < 1.29 is 9.53 Å². The zero-order valence-electron chi connectivity index (χ0n) is 14.9. The van der Waals surface area contributed by atoms with Crippen LogP contribution in [0.25, 0.3) is 0 Å². The van der Waals surface area contributed by atoms with Crippen molar-refractivity contribution in [2.45, 2.75) is 44.6 Å². The molecular weight excluding hydrogens is 292 g/mol. The van der Waals surface area contributed by atoms with Gasteiger partial charge in [-0.3, -0.25) is 4.79 Å². The largest absolute Gasteiger partial charge is 0.381 e. The second-order valence-corrected chi connectivity index (χ2v) is 6.99. The highest BCUT2D eigenvalue weighted by Gasteiger charge is 2.21. The molecule has 1 aliphatic carbocycles. The van der Waals surface area contributed by atoms with Crippen LogP contribution in [0.5, 0.6) is 0 Å². The molecule has 2 fully saturated rings. The van der Waals surface area contributed by atoms with Gasteiger partial charge < -0.3 is 19.9 Å². The lowest BCUT2D eigenvalue weighted by Gasteiger charge is -2.30. The van der Waals surface area contributed by atoms with Crippen molar-refractivity contribution in [3.05, 3.63) is 0 Å². The van der Waals surface area contributed by atoms with Gasteiger partial charge in [-0.2, -0.15) is 0 Å². The van der Waals surface area contributed by atoms with Crippen LogP contribution in [-0.4, -0.2) is 75.2 Å². The maximum atomic E-state index is 11.9. The van der Waals surface area contributed by atoms with Gasteiger partial charge in [0.15, 0.2) is 5.96 Å². The molecule has 0 aromatic heterocycles. The number of nitrogens with one attached hydrogen (secondary N) is 1. The fraction of sp³-hybridized carbons (Fsp3) is 0.882. The maximum absolute atomic E-state index is 11.9. The van der Waals surface area contributed by atoms with Crippen molar-refractivity contribution in [1.29, 1.82) is 0 Å². The number of carbonyl (C=O) groups excluding carboxylic acids is 1. The highest BCUT2D eigenvalue weighted by atomic mass is 16.5. The summed E-state index contributed by atoms with van der Waals surface area (Å²) in [5.74, 6) is 1.56. The highest BCUT2D eigenvalue weighted by molar-refractivity contribution is 5.84. The van der Waals surface area contributed by atoms with Gasteiger partial charge in [-0.15, -0.1) is 0 Å². The predicted octanol–water partition coefficient (Wildman–Crippen LogP) is 1.32. The summed E-state index contributed by atoms with van der Waals surface area (Å²) in [5, 5.41) is 3.57. The topological polar surface area (TPSA) is 57.2 Å². The van der Waals surface area contributed by atoms with E-state index in [1.165, 1.54) is 25.7 Å². The van der Waals surface area contributed by atoms with Gasteiger partial charge in [0.1, 0.15) is 6.54 Å². The molecule has 0 radical (unpaired) electrons. The van der Waals surface area contributed by atoms with E-state index in [1.807, 2.05) is 0 Å². The fourth-order valence-corrected chi connectivity index (χ4v) is 3.22. The van der Waals surface area contributed by atoms with E-state index in [4.69, 9.17) is 4.74 Å². The molecule has 132 valence electrons. The normalized spacial score (nSPS) is 20.6. The number of hydrogen-bond acceptors (Lipinski definition) is 3. The summed E-state index contributed by atoms with van der Waals surface area (Å²) < 4.78 is 5.44. The van der Waals surface area contributed by atoms with E-state index in [0.717, 1.165) is 38.6 Å². The van der Waals surface area contributed by atoms with Crippen LogP contribution in [0.1, 0.15) is 38.5 Å². The number of nitrogens with zero attached hydrogens (tertiary/aromatic N) is 3. The Balaban J connectivity index is 1.95. The van der Waals surface area contributed by atoms with Gasteiger partial charge in [0.25, 0.3) is 0 Å². The first-order valence-electron chi connectivity index (χ1n) is 8.86. The summed E-state index contributed by atoms with van der Waals surface area (Å²) in [6.45, 7) is 2.90. The van der Waals surface area contributed by atoms with Crippen LogP contribution in [0, 0.1) is 5.92 Å². The van der Waals surface area contributed by atoms with Gasteiger partial charge in [0.05, 0.1) is 0 Å². The average Bonchev–Trinajstić information content (AvgIpc) is 3.04. The van der Waals surface area contributed by atoms with Gasteiger partial charge in [-0.25, -0.2) is 4.99 Å². The Bertz CT molecular complexity index is 399. The van der Waals surface area contributed by atoms with Crippen molar-refractivity contribution >= 4 is 11.9 Å². The summed E-state index contributed by atoms with van der Waals surface area (Å²) in [5.41, 5.74) is 0. The molecule has 1 N–H and O–H groups in total. The summed E-state index contributed by atoms with van der Waals surface area (Å²) in [7, 11) is 5.62. The molecule has 23 heavy (non-hydrogen) atoms. The first-order valence-corrected chi connectivity index (χ1v) is 8.86. The number of ether oxygens (including phenoxy) is 1. The molecule has 1 aliphatic heterocycles. The smallest absolute Gasteiger partial charge is 0.243 e. The maximum Gasteiger partial charge on any atom is 0.243 e. The monoisotopic (exact) mass is 324 g/mol. The SMILES string of the molecule is CN(C)C(=O)CN=C(NC1CCCC1)N(C)CC1CCOCC1. The Labute approximate surface area is 140 Å². The molecule has 0 atom stereocenters. The molecule has 0 bridgehead atoms. The van der Waals surface area contributed by atoms with Crippen molar-refractivity contribution in [1.82, 2.24) is 15.1 Å². The molecule has 0 aromatic carbocycles. The van der Waals surface area contributed by atoms with Crippen LogP contribution >= 0.6 is 0 Å². The Morgan fingerprint density at radius 3 is 2.39 bits per heavy atom. The minimum absolute atomic E-state index is 0.0372. The fourth-order valence-electron chi connectivity index (χ4n) is 3.22. The van der Waals surface area contributed by atoms with Gasteiger partial charge in [-0.1, -0.05) is 12.8 Å². The quantitative estimate of drug-likeness (QED) is 0.612. The molecule has 0 unspecified atom stereocenters. The standard InChI is InChI=1S/C17H32N4O2/c1-20(2)16(22)12-18-17(19-15-6-4-5-7-15)21(3)13-14-8-10-23-11-9-14/h14-15H,4-13H2,1-3H3,(H,18,19). The zero-order valence-corrected chi connectivity index (χ0v) is 14.9. The molecule has 0 aromatic rings. The highest BCUT2D eigenvalue weighted by Crippen LogP contribution is 2.19. The van der Waals surface area contributed by atoms with Crippen LogP contribution in [0.15, 0.2) is 4.99 Å². The third-order valence-electron chi connectivity index (χ3n) is 4.79. The molecular formula is C17H32N4O2. The lowest BCUT2D eigenvalue weighted by molar-refractivity contribution is -0.127. The summed E-state index contributed by atoms with van der Waals surface area (Å²) in [6, 6.07) is 0.500. The van der Waals surface area contributed by atoms with Crippen LogP contribution in [0.3, 0.4) is 0 Å². The van der Waals surface area contributed by atoms with E-state index in [0.29, 0.717) is 12.0 Å². The van der Waals surface area contributed by atoms with Gasteiger partial charge in [0, 0.05) is 46.9 Å². The predicted molar refractivity (Wildman–Crippen MR) is 92.6 cm³/mol. The van der Waals surface area contributed by atoms with E-state index < -0.39 is 0 Å². The molecule has 2 rings (SSSR count). The van der Waals surface area contributed by atoms with Gasteiger partial charge in [0.2, 0.25) is 5.91 Å². The Kier molecular flexibility index (Phi) is 7.15. The number of guanidine groups is 1. The summed E-state index contributed by atoms with van der Waals surface area (Å²) >= 11 is 0. The lowest BCUT2D eigenvalue weighted by atomic mass is 10.00. The summed E-state index contributed by atoms with van der Waals surface area (Å²) in [4.78, 5) is 20.2. The number of aliphatic imine (C=N–C) groups is 1. The zero-order chi connectivity index (χ0) is 16.7. The van der Waals surface area contributed by atoms with Crippen LogP contribution in [-0.2, 0) is 9.53 Å². The minimum Gasteiger partial charge on any atom is -0.381 e. The van der Waals surface area contributed by atoms with Crippen molar-refractivity contribution in [3.8, 4) is 0 Å². The minimum atomic E-state index is 0.0372. The van der Waals surface area contributed by atoms with Gasteiger partial charge in [-0.05, 0) is 31.6 Å². The summed E-state index contributed by atoms with van der Waals surface area (Å²) in [6.07, 6.45) is 7.18. The average molecular weight is 324 g/mol. The molecule has 6 nitrogen and oxygen atoms in total. The Morgan fingerprint density at radius 2 is 1.78 bits per heavy atom. The Hall–Kier alpha value is -1.30. The van der Waals surface area contributed by atoms with E-state index >= 15 is 0 Å². The Morgan fingerprint density at radius 1 is 1.13 bits per heavy atom. The molecule has 1 amide bonds. The van der Waals surface area contributed by atoms with Gasteiger partial charge >= 0.3 is 0 Å². The molecule has 1 heterocycles. The molecule has 6 heteroatoms. The van der Waals surface area contributed by atoms with Crippen LogP contribution < -0.4 is 5.32 Å².